The molecule has 1 amide bonds. The first-order valence-corrected chi connectivity index (χ1v) is 9.15. The van der Waals surface area contributed by atoms with Crippen molar-refractivity contribution in [3.8, 4) is 0 Å². The highest BCUT2D eigenvalue weighted by atomic mass is 127. The summed E-state index contributed by atoms with van der Waals surface area (Å²) in [4.78, 5) is 16.3. The number of nitrogens with one attached hydrogen (secondary N) is 3. The summed E-state index contributed by atoms with van der Waals surface area (Å²) in [7, 11) is 0. The van der Waals surface area contributed by atoms with E-state index in [0.717, 1.165) is 6.42 Å². The first-order chi connectivity index (χ1) is 12.5. The molecule has 0 spiro atoms. The smallest absolute Gasteiger partial charge is 0.246 e. The van der Waals surface area contributed by atoms with Crippen molar-refractivity contribution in [2.24, 2.45) is 10.9 Å². The van der Waals surface area contributed by atoms with Gasteiger partial charge in [-0.1, -0.05) is 13.8 Å². The van der Waals surface area contributed by atoms with Crippen molar-refractivity contribution in [1.82, 2.24) is 10.6 Å². The lowest BCUT2D eigenvalue weighted by molar-refractivity contribution is -0.114. The molecule has 8 heteroatoms. The van der Waals surface area contributed by atoms with Gasteiger partial charge in [0, 0.05) is 25.4 Å². The van der Waals surface area contributed by atoms with Crippen molar-refractivity contribution >= 4 is 41.5 Å². The SMILES string of the molecule is CCNC(=NCC(=O)Nc1ccc(F)cc1)NCCC(OCC)C(C)C.I. The predicted molar refractivity (Wildman–Crippen MR) is 119 cm³/mol. The molecule has 1 aromatic rings. The van der Waals surface area contributed by atoms with Crippen LogP contribution in [-0.4, -0.2) is 44.2 Å². The second kappa shape index (κ2) is 14.6. The molecule has 0 heterocycles. The maximum absolute atomic E-state index is 12.9. The molecule has 27 heavy (non-hydrogen) atoms. The summed E-state index contributed by atoms with van der Waals surface area (Å²) >= 11 is 0. The van der Waals surface area contributed by atoms with Gasteiger partial charge in [0.2, 0.25) is 5.91 Å². The van der Waals surface area contributed by atoms with Crippen LogP contribution in [0, 0.1) is 11.7 Å². The zero-order valence-electron chi connectivity index (χ0n) is 16.5. The number of halogens is 2. The van der Waals surface area contributed by atoms with Gasteiger partial charge < -0.3 is 20.7 Å². The van der Waals surface area contributed by atoms with E-state index in [-0.39, 0.29) is 48.3 Å². The number of nitrogens with zero attached hydrogens (tertiary/aromatic N) is 1. The number of anilines is 1. The van der Waals surface area contributed by atoms with E-state index in [4.69, 9.17) is 4.74 Å². The molecule has 0 fully saturated rings. The number of hydrogen-bond acceptors (Lipinski definition) is 3. The largest absolute Gasteiger partial charge is 0.378 e. The van der Waals surface area contributed by atoms with Crippen molar-refractivity contribution in [3.63, 3.8) is 0 Å². The maximum atomic E-state index is 12.9. The molecule has 0 aliphatic heterocycles. The first-order valence-electron chi connectivity index (χ1n) is 9.15. The second-order valence-electron chi connectivity index (χ2n) is 6.20. The predicted octanol–water partition coefficient (Wildman–Crippen LogP) is 3.39. The Bertz CT molecular complexity index is 567. The monoisotopic (exact) mass is 494 g/mol. The zero-order valence-corrected chi connectivity index (χ0v) is 18.9. The quantitative estimate of drug-likeness (QED) is 0.265. The lowest BCUT2D eigenvalue weighted by Crippen LogP contribution is -2.40. The van der Waals surface area contributed by atoms with Gasteiger partial charge in [0.25, 0.3) is 0 Å². The van der Waals surface area contributed by atoms with Crippen LogP contribution in [0.3, 0.4) is 0 Å². The highest BCUT2D eigenvalue weighted by molar-refractivity contribution is 14.0. The minimum Gasteiger partial charge on any atom is -0.378 e. The Hall–Kier alpha value is -1.42. The van der Waals surface area contributed by atoms with Gasteiger partial charge in [-0.25, -0.2) is 9.38 Å². The Morgan fingerprint density at radius 1 is 1.19 bits per heavy atom. The Kier molecular flexibility index (Phi) is 13.8. The number of carbonyl (C=O) groups excluding carboxylic acids is 1. The number of amides is 1. The molecular weight excluding hydrogens is 462 g/mol. The first kappa shape index (κ1) is 25.6. The molecule has 0 radical (unpaired) electrons. The van der Waals surface area contributed by atoms with Gasteiger partial charge >= 0.3 is 0 Å². The molecule has 1 rings (SSSR count). The Balaban J connectivity index is 0.00000676. The van der Waals surface area contributed by atoms with Gasteiger partial charge in [0.15, 0.2) is 5.96 Å². The standard InChI is InChI=1S/C19H31FN4O2.HI/c1-5-21-19(22-12-11-17(14(3)4)26-6-2)23-13-18(25)24-16-9-7-15(20)8-10-16;/h7-10,14,17H,5-6,11-13H2,1-4H3,(H,24,25)(H2,21,22,23);1H. The minimum atomic E-state index is -0.341. The summed E-state index contributed by atoms with van der Waals surface area (Å²) in [5, 5.41) is 9.02. The second-order valence-corrected chi connectivity index (χ2v) is 6.20. The van der Waals surface area contributed by atoms with Crippen LogP contribution in [0.1, 0.15) is 34.1 Å². The summed E-state index contributed by atoms with van der Waals surface area (Å²) in [6, 6.07) is 5.63. The molecule has 0 bridgehead atoms. The number of carbonyl (C=O) groups is 1. The molecule has 0 saturated carbocycles. The van der Waals surface area contributed by atoms with Gasteiger partial charge in [0.05, 0.1) is 6.10 Å². The molecule has 3 N–H and O–H groups in total. The lowest BCUT2D eigenvalue weighted by Gasteiger charge is -2.21. The molecule has 1 aromatic carbocycles. The fourth-order valence-corrected chi connectivity index (χ4v) is 2.38. The van der Waals surface area contributed by atoms with E-state index in [2.05, 4.69) is 34.8 Å². The van der Waals surface area contributed by atoms with E-state index in [0.29, 0.717) is 37.3 Å². The number of rotatable bonds is 10. The maximum Gasteiger partial charge on any atom is 0.246 e. The van der Waals surface area contributed by atoms with E-state index in [9.17, 15) is 9.18 Å². The highest BCUT2D eigenvalue weighted by Gasteiger charge is 2.13. The third-order valence-corrected chi connectivity index (χ3v) is 3.70. The molecule has 0 aliphatic rings. The molecule has 0 saturated heterocycles. The minimum absolute atomic E-state index is 0. The fourth-order valence-electron chi connectivity index (χ4n) is 2.38. The Morgan fingerprint density at radius 3 is 2.41 bits per heavy atom. The lowest BCUT2D eigenvalue weighted by atomic mass is 10.0. The van der Waals surface area contributed by atoms with Crippen molar-refractivity contribution in [2.45, 2.75) is 40.2 Å². The van der Waals surface area contributed by atoms with E-state index in [1.54, 1.807) is 0 Å². The zero-order chi connectivity index (χ0) is 19.4. The Labute approximate surface area is 178 Å². The van der Waals surface area contributed by atoms with Gasteiger partial charge in [-0.2, -0.15) is 0 Å². The molecular formula is C19H32FIN4O2. The summed E-state index contributed by atoms with van der Waals surface area (Å²) < 4.78 is 18.6. The van der Waals surface area contributed by atoms with Gasteiger partial charge in [0.1, 0.15) is 12.4 Å². The summed E-state index contributed by atoms with van der Waals surface area (Å²) in [5.41, 5.74) is 0.543. The van der Waals surface area contributed by atoms with Crippen LogP contribution >= 0.6 is 24.0 Å². The molecule has 1 atom stereocenters. The van der Waals surface area contributed by atoms with E-state index >= 15 is 0 Å². The van der Waals surface area contributed by atoms with E-state index < -0.39 is 0 Å². The van der Waals surface area contributed by atoms with Crippen LogP contribution in [0.5, 0.6) is 0 Å². The van der Waals surface area contributed by atoms with Crippen molar-refractivity contribution in [2.75, 3.05) is 31.6 Å². The van der Waals surface area contributed by atoms with E-state index in [1.807, 2.05) is 13.8 Å². The van der Waals surface area contributed by atoms with Crippen molar-refractivity contribution < 1.29 is 13.9 Å². The number of guanidine groups is 1. The van der Waals surface area contributed by atoms with Crippen LogP contribution < -0.4 is 16.0 Å². The molecule has 0 aliphatic carbocycles. The van der Waals surface area contributed by atoms with Crippen LogP contribution in [0.25, 0.3) is 0 Å². The third kappa shape index (κ3) is 11.1. The molecule has 0 aromatic heterocycles. The van der Waals surface area contributed by atoms with Gasteiger partial charge in [-0.15, -0.1) is 24.0 Å². The third-order valence-electron chi connectivity index (χ3n) is 3.70. The number of ether oxygens (including phenoxy) is 1. The van der Waals surface area contributed by atoms with Crippen LogP contribution in [0.15, 0.2) is 29.3 Å². The van der Waals surface area contributed by atoms with Gasteiger partial charge in [-0.05, 0) is 50.5 Å². The summed E-state index contributed by atoms with van der Waals surface area (Å²) in [6.45, 7) is 10.3. The summed E-state index contributed by atoms with van der Waals surface area (Å²) in [6.07, 6.45) is 1.05. The fraction of sp³-hybridized carbons (Fsp3) is 0.579. The van der Waals surface area contributed by atoms with Crippen molar-refractivity contribution in [1.29, 1.82) is 0 Å². The Morgan fingerprint density at radius 2 is 1.85 bits per heavy atom. The van der Waals surface area contributed by atoms with Crippen molar-refractivity contribution in [3.05, 3.63) is 30.1 Å². The number of hydrogen-bond donors (Lipinski definition) is 3. The average molecular weight is 494 g/mol. The van der Waals surface area contributed by atoms with Crippen LogP contribution in [0.4, 0.5) is 10.1 Å². The molecule has 154 valence electrons. The molecule has 1 unspecified atom stereocenters. The normalized spacial score (nSPS) is 12.3. The van der Waals surface area contributed by atoms with Crippen LogP contribution in [-0.2, 0) is 9.53 Å². The number of benzene rings is 1. The van der Waals surface area contributed by atoms with E-state index in [1.165, 1.54) is 24.3 Å². The molecule has 6 nitrogen and oxygen atoms in total. The number of aliphatic imine (C=N–C) groups is 1. The van der Waals surface area contributed by atoms with Gasteiger partial charge in [-0.3, -0.25) is 4.79 Å². The average Bonchev–Trinajstić information content (AvgIpc) is 2.60. The summed E-state index contributed by atoms with van der Waals surface area (Å²) in [5.74, 6) is 0.424. The topological polar surface area (TPSA) is 74.8 Å². The highest BCUT2D eigenvalue weighted by Crippen LogP contribution is 2.10. The van der Waals surface area contributed by atoms with Crippen LogP contribution in [0.2, 0.25) is 0 Å².